The van der Waals surface area contributed by atoms with Gasteiger partial charge in [0.2, 0.25) is 0 Å². The Morgan fingerprint density at radius 1 is 1.00 bits per heavy atom. The van der Waals surface area contributed by atoms with E-state index in [1.807, 2.05) is 24.3 Å². The number of hydrogen-bond donors (Lipinski definition) is 1. The average Bonchev–Trinajstić information content (AvgIpc) is 2.93. The Kier molecular flexibility index (Phi) is 8.05. The van der Waals surface area contributed by atoms with E-state index in [1.54, 1.807) is 7.11 Å². The maximum absolute atomic E-state index is 13.2. The molecule has 37 heavy (non-hydrogen) atoms. The molecule has 0 spiro atoms. The van der Waals surface area contributed by atoms with Crippen LogP contribution in [0.3, 0.4) is 0 Å². The third-order valence-electron chi connectivity index (χ3n) is 7.77. The number of amides is 1. The minimum atomic E-state index is -0.524. The second-order valence-electron chi connectivity index (χ2n) is 10.2. The van der Waals surface area contributed by atoms with E-state index in [9.17, 15) is 4.79 Å². The summed E-state index contributed by atoms with van der Waals surface area (Å²) < 4.78 is 17.7. The predicted octanol–water partition coefficient (Wildman–Crippen LogP) is 3.78. The van der Waals surface area contributed by atoms with Gasteiger partial charge in [0, 0.05) is 68.9 Å². The number of hydrogen-bond acceptors (Lipinski definition) is 7. The van der Waals surface area contributed by atoms with Crippen molar-refractivity contribution >= 4 is 23.0 Å². The SMILES string of the molecule is CCOC1CCN(c2ccc(NC(=O)C3CCc4cc(OC)cc(N5CCN(C)CC5)c4O3)cc2)CC1. The zero-order chi connectivity index (χ0) is 25.8. The van der Waals surface area contributed by atoms with Crippen molar-refractivity contribution in [3.8, 4) is 11.5 Å². The first-order chi connectivity index (χ1) is 18.0. The van der Waals surface area contributed by atoms with E-state index in [2.05, 4.69) is 46.1 Å². The predicted molar refractivity (Wildman–Crippen MR) is 147 cm³/mol. The number of fused-ring (bicyclic) bond motifs is 1. The quantitative estimate of drug-likeness (QED) is 0.611. The monoisotopic (exact) mass is 508 g/mol. The highest BCUT2D eigenvalue weighted by Gasteiger charge is 2.31. The van der Waals surface area contributed by atoms with Crippen molar-refractivity contribution < 1.29 is 19.0 Å². The molecule has 0 saturated carbocycles. The van der Waals surface area contributed by atoms with Gasteiger partial charge in [-0.25, -0.2) is 0 Å². The minimum Gasteiger partial charge on any atom is -0.497 e. The first-order valence-electron chi connectivity index (χ1n) is 13.6. The van der Waals surface area contributed by atoms with Gasteiger partial charge in [-0.1, -0.05) is 0 Å². The van der Waals surface area contributed by atoms with Gasteiger partial charge in [0.25, 0.3) is 5.91 Å². The van der Waals surface area contributed by atoms with E-state index in [1.165, 1.54) is 5.69 Å². The van der Waals surface area contributed by atoms with Gasteiger partial charge in [-0.05, 0) is 70.0 Å². The highest BCUT2D eigenvalue weighted by Crippen LogP contribution is 2.41. The summed E-state index contributed by atoms with van der Waals surface area (Å²) in [7, 11) is 3.84. The van der Waals surface area contributed by atoms with Crippen LogP contribution in [0.1, 0.15) is 31.7 Å². The number of rotatable bonds is 7. The molecule has 8 nitrogen and oxygen atoms in total. The minimum absolute atomic E-state index is 0.101. The smallest absolute Gasteiger partial charge is 0.265 e. The average molecular weight is 509 g/mol. The summed E-state index contributed by atoms with van der Waals surface area (Å²) in [5, 5.41) is 3.08. The summed E-state index contributed by atoms with van der Waals surface area (Å²) in [5.74, 6) is 1.56. The fourth-order valence-corrected chi connectivity index (χ4v) is 5.53. The number of ether oxygens (including phenoxy) is 3. The number of carbonyl (C=O) groups excluding carboxylic acids is 1. The van der Waals surface area contributed by atoms with Crippen molar-refractivity contribution in [3.05, 3.63) is 42.0 Å². The summed E-state index contributed by atoms with van der Waals surface area (Å²) in [4.78, 5) is 20.3. The molecule has 0 aliphatic carbocycles. The van der Waals surface area contributed by atoms with Crippen LogP contribution in [-0.4, -0.2) is 83.0 Å². The number of benzene rings is 2. The fourth-order valence-electron chi connectivity index (χ4n) is 5.53. The maximum atomic E-state index is 13.2. The van der Waals surface area contributed by atoms with Crippen LogP contribution < -0.4 is 24.6 Å². The fraction of sp³-hybridized carbons (Fsp3) is 0.552. The lowest BCUT2D eigenvalue weighted by atomic mass is 9.99. The molecule has 1 unspecified atom stereocenters. The highest BCUT2D eigenvalue weighted by molar-refractivity contribution is 5.95. The molecule has 8 heteroatoms. The van der Waals surface area contributed by atoms with E-state index in [-0.39, 0.29) is 5.91 Å². The number of nitrogens with one attached hydrogen (secondary N) is 1. The lowest BCUT2D eigenvalue weighted by molar-refractivity contribution is -0.123. The van der Waals surface area contributed by atoms with Crippen LogP contribution in [0.4, 0.5) is 17.1 Å². The number of likely N-dealkylation sites (N-methyl/N-ethyl adjacent to an activating group) is 1. The number of nitrogens with zero attached hydrogens (tertiary/aromatic N) is 3. The molecule has 3 aliphatic heterocycles. The molecule has 200 valence electrons. The Hall–Kier alpha value is -2.97. The molecule has 2 aromatic rings. The zero-order valence-electron chi connectivity index (χ0n) is 22.4. The molecule has 2 fully saturated rings. The third kappa shape index (κ3) is 5.96. The molecule has 5 rings (SSSR count). The van der Waals surface area contributed by atoms with E-state index >= 15 is 0 Å². The van der Waals surface area contributed by atoms with Gasteiger partial charge in [0.15, 0.2) is 6.10 Å². The number of aryl methyl sites for hydroxylation is 1. The molecule has 2 aromatic carbocycles. The molecular formula is C29H40N4O4. The molecule has 1 amide bonds. The third-order valence-corrected chi connectivity index (χ3v) is 7.77. The van der Waals surface area contributed by atoms with Crippen molar-refractivity contribution in [2.45, 2.75) is 44.8 Å². The van der Waals surface area contributed by atoms with E-state index in [0.717, 1.165) is 93.6 Å². The lowest BCUT2D eigenvalue weighted by Gasteiger charge is -2.37. The van der Waals surface area contributed by atoms with Crippen LogP contribution in [0.25, 0.3) is 0 Å². The van der Waals surface area contributed by atoms with Gasteiger partial charge in [0.1, 0.15) is 11.5 Å². The van der Waals surface area contributed by atoms with Gasteiger partial charge in [-0.3, -0.25) is 4.79 Å². The van der Waals surface area contributed by atoms with Crippen LogP contribution in [0, 0.1) is 0 Å². The summed E-state index contributed by atoms with van der Waals surface area (Å²) in [6.45, 7) is 8.66. The van der Waals surface area contributed by atoms with Crippen molar-refractivity contribution in [1.29, 1.82) is 0 Å². The van der Waals surface area contributed by atoms with Crippen LogP contribution in [0.5, 0.6) is 11.5 Å². The number of carbonyl (C=O) groups is 1. The Morgan fingerprint density at radius 3 is 2.41 bits per heavy atom. The molecular weight excluding hydrogens is 468 g/mol. The standard InChI is InChI=1S/C29H40N4O4/c1-4-36-24-11-13-32(14-12-24)23-8-6-22(7-9-23)30-29(34)27-10-5-21-19-25(35-3)20-26(28(21)37-27)33-17-15-31(2)16-18-33/h6-9,19-20,24,27H,4-5,10-18H2,1-3H3,(H,30,34). The topological polar surface area (TPSA) is 66.5 Å². The molecule has 2 saturated heterocycles. The van der Waals surface area contributed by atoms with Crippen LogP contribution in [-0.2, 0) is 16.0 Å². The molecule has 0 radical (unpaired) electrons. The van der Waals surface area contributed by atoms with Crippen molar-refractivity contribution in [2.24, 2.45) is 0 Å². The number of piperazine rings is 1. The second kappa shape index (κ2) is 11.6. The van der Waals surface area contributed by atoms with Gasteiger partial charge in [0.05, 0.1) is 18.9 Å². The number of piperidine rings is 1. The van der Waals surface area contributed by atoms with Gasteiger partial charge in [-0.15, -0.1) is 0 Å². The van der Waals surface area contributed by atoms with Gasteiger partial charge < -0.3 is 34.2 Å². The first kappa shape index (κ1) is 25.7. The van der Waals surface area contributed by atoms with Crippen LogP contribution in [0.15, 0.2) is 36.4 Å². The Balaban J connectivity index is 1.23. The normalized spacial score (nSPS) is 20.8. The van der Waals surface area contributed by atoms with Crippen molar-refractivity contribution in [3.63, 3.8) is 0 Å². The first-order valence-corrected chi connectivity index (χ1v) is 13.6. The summed E-state index contributed by atoms with van der Waals surface area (Å²) >= 11 is 0. The molecule has 1 N–H and O–H groups in total. The van der Waals surface area contributed by atoms with Gasteiger partial charge >= 0.3 is 0 Å². The zero-order valence-corrected chi connectivity index (χ0v) is 22.4. The molecule has 3 aliphatic rings. The van der Waals surface area contributed by atoms with Crippen LogP contribution in [0.2, 0.25) is 0 Å². The molecule has 1 atom stereocenters. The molecule has 0 aromatic heterocycles. The Bertz CT molecular complexity index is 1060. The summed E-state index contributed by atoms with van der Waals surface area (Å²) in [6.07, 6.45) is 3.37. The number of anilines is 3. The number of methoxy groups -OCH3 is 1. The molecule has 3 heterocycles. The highest BCUT2D eigenvalue weighted by atomic mass is 16.5. The van der Waals surface area contributed by atoms with Crippen molar-refractivity contribution in [1.82, 2.24) is 4.90 Å². The maximum Gasteiger partial charge on any atom is 0.265 e. The van der Waals surface area contributed by atoms with Gasteiger partial charge in [-0.2, -0.15) is 0 Å². The Morgan fingerprint density at radius 2 is 1.73 bits per heavy atom. The van der Waals surface area contributed by atoms with E-state index in [4.69, 9.17) is 14.2 Å². The second-order valence-corrected chi connectivity index (χ2v) is 10.2. The van der Waals surface area contributed by atoms with E-state index < -0.39 is 6.10 Å². The largest absolute Gasteiger partial charge is 0.497 e. The van der Waals surface area contributed by atoms with Crippen molar-refractivity contribution in [2.75, 3.05) is 75.1 Å². The lowest BCUT2D eigenvalue weighted by Crippen LogP contribution is -2.45. The summed E-state index contributed by atoms with van der Waals surface area (Å²) in [5.41, 5.74) is 4.11. The Labute approximate surface area is 220 Å². The summed E-state index contributed by atoms with van der Waals surface area (Å²) in [6, 6.07) is 12.2. The van der Waals surface area contributed by atoms with E-state index in [0.29, 0.717) is 12.5 Å². The molecule has 0 bridgehead atoms. The van der Waals surface area contributed by atoms with Crippen LogP contribution >= 0.6 is 0 Å².